The van der Waals surface area contributed by atoms with Gasteiger partial charge in [-0.2, -0.15) is 15.8 Å². The lowest BCUT2D eigenvalue weighted by atomic mass is 9.57. The lowest BCUT2D eigenvalue weighted by Gasteiger charge is -2.45. The third kappa shape index (κ3) is 14.5. The van der Waals surface area contributed by atoms with E-state index in [1.165, 1.54) is 205 Å². The molecule has 6 saturated carbocycles. The molecular weight excluding hydrogens is 763 g/mol. The second kappa shape index (κ2) is 26.7. The zero-order valence-corrected chi connectivity index (χ0v) is 42.1. The molecule has 3 heteroatoms. The van der Waals surface area contributed by atoms with Crippen molar-refractivity contribution in [3.63, 3.8) is 0 Å². The van der Waals surface area contributed by atoms with Gasteiger partial charge >= 0.3 is 0 Å². The molecule has 0 saturated heterocycles. The van der Waals surface area contributed by atoms with E-state index in [2.05, 4.69) is 39.0 Å². The van der Waals surface area contributed by atoms with Crippen LogP contribution >= 0.6 is 0 Å². The van der Waals surface area contributed by atoms with Crippen LogP contribution in [0, 0.1) is 116 Å². The first-order valence-electron chi connectivity index (χ1n) is 29.1. The van der Waals surface area contributed by atoms with E-state index in [1.54, 1.807) is 0 Å². The Morgan fingerprint density at radius 1 is 0.381 bits per heavy atom. The van der Waals surface area contributed by atoms with Gasteiger partial charge in [-0.3, -0.25) is 0 Å². The maximum absolute atomic E-state index is 11.6. The van der Waals surface area contributed by atoms with Crippen molar-refractivity contribution in [3.05, 3.63) is 0 Å². The lowest BCUT2D eigenvalue weighted by Crippen LogP contribution is -2.38. The molecule has 0 N–H and O–H groups in total. The first-order valence-corrected chi connectivity index (χ1v) is 29.1. The molecule has 0 spiro atoms. The predicted octanol–water partition coefficient (Wildman–Crippen LogP) is 18.7. The Bertz CT molecular complexity index is 1390. The van der Waals surface area contributed by atoms with Gasteiger partial charge in [0.1, 0.15) is 0 Å². The van der Waals surface area contributed by atoms with Crippen molar-refractivity contribution in [2.24, 2.45) is 81.8 Å². The minimum Gasteiger partial charge on any atom is -0.198 e. The molecule has 0 amide bonds. The third-order valence-electron chi connectivity index (χ3n) is 20.8. The standard InChI is InChI=1S/C60H101N3/c1-4-7-17-49-29-35-53(36-30-49)55-21-12-23-57(43-55)59(45-62,37-9-8-10-41-61)39-15-40-60(46-63,58-24-13-22-56(44-58)52-33-27-48(16-5-2)28-34-52)38-14-19-50-18-11-20-54(42-50)51-31-25-47(6-3)26-32-51/h47-58H,4-40,42-44H2,1-3H3. The number of hydrogen-bond donors (Lipinski definition) is 0. The van der Waals surface area contributed by atoms with Crippen LogP contribution in [0.4, 0.5) is 0 Å². The van der Waals surface area contributed by atoms with E-state index >= 15 is 0 Å². The highest BCUT2D eigenvalue weighted by atomic mass is 14.5. The molecule has 63 heavy (non-hydrogen) atoms. The topological polar surface area (TPSA) is 71.4 Å². The molecule has 6 aliphatic carbocycles. The smallest absolute Gasteiger partial charge is 0.0692 e. The van der Waals surface area contributed by atoms with Crippen LogP contribution in [0.25, 0.3) is 0 Å². The van der Waals surface area contributed by atoms with E-state index in [9.17, 15) is 15.8 Å². The van der Waals surface area contributed by atoms with Crippen LogP contribution in [-0.4, -0.2) is 0 Å². The molecule has 0 radical (unpaired) electrons. The van der Waals surface area contributed by atoms with E-state index < -0.39 is 0 Å². The SMILES string of the molecule is CCCCC1CCC(C2CCCC(C(C#N)(CCCCC#N)CCCC(C#N)(CCCC3CCCC(C4CCC(CC)CC4)C3)C3CCCC(C4CCC(CCC)CC4)C3)C2)CC1. The molecule has 8 unspecified atom stereocenters. The largest absolute Gasteiger partial charge is 0.198 e. The average molecular weight is 864 g/mol. The molecule has 0 aliphatic heterocycles. The van der Waals surface area contributed by atoms with Crippen molar-refractivity contribution < 1.29 is 0 Å². The van der Waals surface area contributed by atoms with Crippen molar-refractivity contribution >= 4 is 0 Å². The van der Waals surface area contributed by atoms with Crippen molar-refractivity contribution in [2.75, 3.05) is 0 Å². The molecule has 0 aromatic carbocycles. The summed E-state index contributed by atoms with van der Waals surface area (Å²) >= 11 is 0. The van der Waals surface area contributed by atoms with Crippen LogP contribution in [0.5, 0.6) is 0 Å². The summed E-state index contributed by atoms with van der Waals surface area (Å²) in [4.78, 5) is 0. The van der Waals surface area contributed by atoms with Gasteiger partial charge in [0.05, 0.1) is 29.0 Å². The quantitative estimate of drug-likeness (QED) is 0.0961. The maximum Gasteiger partial charge on any atom is 0.0692 e. The van der Waals surface area contributed by atoms with Crippen molar-refractivity contribution in [2.45, 2.75) is 278 Å². The van der Waals surface area contributed by atoms with Crippen molar-refractivity contribution in [1.82, 2.24) is 0 Å². The van der Waals surface area contributed by atoms with Gasteiger partial charge in [0.25, 0.3) is 0 Å². The Balaban J connectivity index is 1.14. The van der Waals surface area contributed by atoms with E-state index in [1.807, 2.05) is 0 Å². The summed E-state index contributed by atoms with van der Waals surface area (Å²) in [6.07, 6.45) is 52.1. The van der Waals surface area contributed by atoms with Gasteiger partial charge in [0.2, 0.25) is 0 Å². The van der Waals surface area contributed by atoms with Crippen molar-refractivity contribution in [3.8, 4) is 18.2 Å². The Labute approximate surface area is 391 Å². The van der Waals surface area contributed by atoms with Crippen LogP contribution in [-0.2, 0) is 0 Å². The molecule has 8 atom stereocenters. The summed E-state index contributed by atoms with van der Waals surface area (Å²) in [6, 6.07) is 8.76. The Kier molecular flexibility index (Phi) is 21.6. The molecule has 356 valence electrons. The van der Waals surface area contributed by atoms with Gasteiger partial charge in [-0.1, -0.05) is 168 Å². The first kappa shape index (κ1) is 50.9. The Hall–Kier alpha value is -1.53. The second-order valence-corrected chi connectivity index (χ2v) is 24.4. The molecule has 0 heterocycles. The first-order chi connectivity index (χ1) is 30.9. The molecular formula is C60H101N3. The average Bonchev–Trinajstić information content (AvgIpc) is 3.34. The van der Waals surface area contributed by atoms with Crippen LogP contribution in [0.2, 0.25) is 0 Å². The Morgan fingerprint density at radius 3 is 1.33 bits per heavy atom. The summed E-state index contributed by atoms with van der Waals surface area (Å²) in [5.41, 5.74) is -0.536. The zero-order valence-electron chi connectivity index (χ0n) is 42.1. The van der Waals surface area contributed by atoms with Gasteiger partial charge in [-0.15, -0.1) is 0 Å². The molecule has 6 rings (SSSR count). The molecule has 0 bridgehead atoms. The highest BCUT2D eigenvalue weighted by Crippen LogP contribution is 2.54. The summed E-state index contributed by atoms with van der Waals surface area (Å²) in [6.45, 7) is 7.11. The second-order valence-electron chi connectivity index (χ2n) is 24.4. The van der Waals surface area contributed by atoms with Crippen LogP contribution in [0.3, 0.4) is 0 Å². The zero-order chi connectivity index (χ0) is 44.3. The highest BCUT2D eigenvalue weighted by molar-refractivity contribution is 5.08. The monoisotopic (exact) mass is 864 g/mol. The van der Waals surface area contributed by atoms with Crippen LogP contribution < -0.4 is 0 Å². The summed E-state index contributed by atoms with van der Waals surface area (Å²) in [5, 5.41) is 32.5. The fraction of sp³-hybridized carbons (Fsp3) is 0.950. The van der Waals surface area contributed by atoms with Gasteiger partial charge in [-0.05, 0) is 174 Å². The predicted molar refractivity (Wildman–Crippen MR) is 265 cm³/mol. The van der Waals surface area contributed by atoms with Crippen LogP contribution in [0.15, 0.2) is 0 Å². The summed E-state index contributed by atoms with van der Waals surface area (Å²) < 4.78 is 0. The van der Waals surface area contributed by atoms with Crippen molar-refractivity contribution in [1.29, 1.82) is 15.8 Å². The molecule has 6 aliphatic rings. The van der Waals surface area contributed by atoms with E-state index in [4.69, 9.17) is 0 Å². The van der Waals surface area contributed by atoms with E-state index in [-0.39, 0.29) is 10.8 Å². The molecule has 0 aromatic heterocycles. The van der Waals surface area contributed by atoms with Gasteiger partial charge in [0.15, 0.2) is 0 Å². The number of rotatable bonds is 23. The Morgan fingerprint density at radius 2 is 0.841 bits per heavy atom. The highest BCUT2D eigenvalue weighted by Gasteiger charge is 2.46. The fourth-order valence-corrected chi connectivity index (χ4v) is 16.7. The lowest BCUT2D eigenvalue weighted by molar-refractivity contribution is 0.0585. The maximum atomic E-state index is 11.6. The van der Waals surface area contributed by atoms with E-state index in [0.29, 0.717) is 18.3 Å². The minimum absolute atomic E-state index is 0.238. The van der Waals surface area contributed by atoms with Gasteiger partial charge < -0.3 is 0 Å². The van der Waals surface area contributed by atoms with Gasteiger partial charge in [-0.25, -0.2) is 0 Å². The van der Waals surface area contributed by atoms with E-state index in [0.717, 1.165) is 104 Å². The normalized spacial score (nSPS) is 36.2. The summed E-state index contributed by atoms with van der Waals surface area (Å²) in [7, 11) is 0. The van der Waals surface area contributed by atoms with Gasteiger partial charge in [0, 0.05) is 6.42 Å². The fourth-order valence-electron chi connectivity index (χ4n) is 16.7. The number of nitriles is 3. The third-order valence-corrected chi connectivity index (χ3v) is 20.8. The molecule has 0 aromatic rings. The number of hydrogen-bond acceptors (Lipinski definition) is 3. The minimum atomic E-state index is -0.298. The number of unbranched alkanes of at least 4 members (excludes halogenated alkanes) is 3. The molecule has 6 fully saturated rings. The number of nitrogens with zero attached hydrogens (tertiary/aromatic N) is 3. The molecule has 3 nitrogen and oxygen atoms in total. The van der Waals surface area contributed by atoms with Crippen LogP contribution in [0.1, 0.15) is 278 Å². The summed E-state index contributed by atoms with van der Waals surface area (Å²) in [5.74, 6) is 10.1.